The molecule has 4 nitrogen and oxygen atoms in total. The van der Waals surface area contributed by atoms with Crippen molar-refractivity contribution in [3.63, 3.8) is 0 Å². The maximum Gasteiger partial charge on any atom is 0.250 e. The third-order valence-corrected chi connectivity index (χ3v) is 1.98. The molecule has 0 fully saturated rings. The molecule has 1 heterocycles. The van der Waals surface area contributed by atoms with E-state index in [4.69, 9.17) is 5.73 Å². The van der Waals surface area contributed by atoms with Crippen molar-refractivity contribution in [1.29, 1.82) is 0 Å². The van der Waals surface area contributed by atoms with E-state index in [0.29, 0.717) is 10.9 Å². The van der Waals surface area contributed by atoms with E-state index in [2.05, 4.69) is 4.98 Å². The predicted octanol–water partition coefficient (Wildman–Crippen LogP) is 0.470. The summed E-state index contributed by atoms with van der Waals surface area (Å²) in [6, 6.07) is 7.86. The highest BCUT2D eigenvalue weighted by Gasteiger charge is 1.99. The fourth-order valence-electron chi connectivity index (χ4n) is 1.32. The second-order valence-corrected chi connectivity index (χ2v) is 2.96. The smallest absolute Gasteiger partial charge is 0.250 e. The van der Waals surface area contributed by atoms with Crippen LogP contribution in [-0.4, -0.2) is 4.98 Å². The monoisotopic (exact) mass is 188 g/mol. The number of fused-ring (bicyclic) bond motifs is 1. The minimum Gasteiger partial charge on any atom is -0.395 e. The standard InChI is InChI=1S/C10H8N2O2/c11-7-5-9(13)12-8-4-2-1-3-6(8)10(7)14/h1-5H,(H2,11,14)(H,12,13). The molecule has 70 valence electrons. The maximum absolute atomic E-state index is 11.6. The van der Waals surface area contributed by atoms with Crippen molar-refractivity contribution in [2.24, 2.45) is 0 Å². The molecule has 0 atom stereocenters. The Morgan fingerprint density at radius 1 is 1.14 bits per heavy atom. The zero-order valence-corrected chi connectivity index (χ0v) is 7.28. The van der Waals surface area contributed by atoms with Crippen LogP contribution in [0.4, 0.5) is 5.69 Å². The van der Waals surface area contributed by atoms with Gasteiger partial charge in [0, 0.05) is 11.5 Å². The number of anilines is 1. The SMILES string of the molecule is Nc1cc(=O)[nH]c2ccccc2c1=O. The van der Waals surface area contributed by atoms with Crippen LogP contribution < -0.4 is 16.7 Å². The first-order valence-electron chi connectivity index (χ1n) is 4.10. The molecule has 0 spiro atoms. The van der Waals surface area contributed by atoms with Gasteiger partial charge in [0.15, 0.2) is 0 Å². The van der Waals surface area contributed by atoms with E-state index in [9.17, 15) is 9.59 Å². The largest absolute Gasteiger partial charge is 0.395 e. The van der Waals surface area contributed by atoms with Crippen LogP contribution in [0, 0.1) is 0 Å². The minimum atomic E-state index is -0.374. The molecule has 1 aromatic heterocycles. The number of aromatic amines is 1. The summed E-state index contributed by atoms with van der Waals surface area (Å²) < 4.78 is 0. The van der Waals surface area contributed by atoms with Crippen LogP contribution >= 0.6 is 0 Å². The number of benzene rings is 1. The van der Waals surface area contributed by atoms with Crippen molar-refractivity contribution in [1.82, 2.24) is 4.98 Å². The molecule has 2 rings (SSSR count). The number of para-hydroxylation sites is 1. The predicted molar refractivity (Wildman–Crippen MR) is 55.3 cm³/mol. The third kappa shape index (κ3) is 1.26. The molecule has 3 N–H and O–H groups in total. The van der Waals surface area contributed by atoms with E-state index in [1.165, 1.54) is 0 Å². The zero-order chi connectivity index (χ0) is 10.1. The summed E-state index contributed by atoms with van der Waals surface area (Å²) >= 11 is 0. The minimum absolute atomic E-state index is 0.0348. The van der Waals surface area contributed by atoms with Gasteiger partial charge < -0.3 is 10.7 Å². The Labute approximate surface area is 79.0 Å². The van der Waals surface area contributed by atoms with Gasteiger partial charge in [-0.2, -0.15) is 0 Å². The Hall–Kier alpha value is -2.10. The van der Waals surface area contributed by atoms with E-state index in [0.717, 1.165) is 6.07 Å². The van der Waals surface area contributed by atoms with Gasteiger partial charge in [0.05, 0.1) is 11.2 Å². The van der Waals surface area contributed by atoms with Gasteiger partial charge in [0.1, 0.15) is 0 Å². The Bertz CT molecular complexity index is 602. The Balaban J connectivity index is 3.16. The van der Waals surface area contributed by atoms with E-state index < -0.39 is 0 Å². The van der Waals surface area contributed by atoms with Crippen LogP contribution in [0.1, 0.15) is 0 Å². The second-order valence-electron chi connectivity index (χ2n) is 2.96. The number of nitrogen functional groups attached to an aromatic ring is 1. The van der Waals surface area contributed by atoms with Crippen LogP contribution in [-0.2, 0) is 0 Å². The highest BCUT2D eigenvalue weighted by Crippen LogP contribution is 2.04. The number of aromatic nitrogens is 1. The molecule has 0 unspecified atom stereocenters. The van der Waals surface area contributed by atoms with Crippen LogP contribution in [0.15, 0.2) is 39.9 Å². The highest BCUT2D eigenvalue weighted by atomic mass is 16.1. The molecule has 0 saturated carbocycles. The number of hydrogen-bond donors (Lipinski definition) is 2. The highest BCUT2D eigenvalue weighted by molar-refractivity contribution is 5.79. The molecule has 2 aromatic rings. The van der Waals surface area contributed by atoms with Gasteiger partial charge in [-0.15, -0.1) is 0 Å². The molecule has 0 saturated heterocycles. The molecule has 1 aromatic carbocycles. The molecular weight excluding hydrogens is 180 g/mol. The molecule has 0 amide bonds. The lowest BCUT2D eigenvalue weighted by molar-refractivity contribution is 1.33. The summed E-state index contributed by atoms with van der Waals surface area (Å²) in [7, 11) is 0. The van der Waals surface area contributed by atoms with Crippen molar-refractivity contribution < 1.29 is 0 Å². The first-order valence-corrected chi connectivity index (χ1v) is 4.10. The summed E-state index contributed by atoms with van der Waals surface area (Å²) in [5.41, 5.74) is 5.20. The van der Waals surface area contributed by atoms with E-state index >= 15 is 0 Å². The summed E-state index contributed by atoms with van der Waals surface area (Å²) in [6.07, 6.45) is 0. The lowest BCUT2D eigenvalue weighted by Gasteiger charge is -1.88. The summed E-state index contributed by atoms with van der Waals surface area (Å²) in [4.78, 5) is 25.3. The Morgan fingerprint density at radius 2 is 1.86 bits per heavy atom. The van der Waals surface area contributed by atoms with Gasteiger partial charge in [0.25, 0.3) is 5.56 Å². The Kier molecular flexibility index (Phi) is 1.81. The van der Waals surface area contributed by atoms with Crippen LogP contribution in [0.25, 0.3) is 10.9 Å². The van der Waals surface area contributed by atoms with E-state index in [1.54, 1.807) is 24.3 Å². The quantitative estimate of drug-likeness (QED) is 0.631. The first-order chi connectivity index (χ1) is 6.68. The van der Waals surface area contributed by atoms with Crippen molar-refractivity contribution >= 4 is 16.6 Å². The summed E-state index contributed by atoms with van der Waals surface area (Å²) in [5.74, 6) is 0. The third-order valence-electron chi connectivity index (χ3n) is 1.98. The van der Waals surface area contributed by atoms with Crippen LogP contribution in [0.3, 0.4) is 0 Å². The average molecular weight is 188 g/mol. The fraction of sp³-hybridized carbons (Fsp3) is 0. The first kappa shape index (κ1) is 8.50. The molecule has 0 aliphatic carbocycles. The molecule has 14 heavy (non-hydrogen) atoms. The normalized spacial score (nSPS) is 10.3. The van der Waals surface area contributed by atoms with Crippen LogP contribution in [0.2, 0.25) is 0 Å². The van der Waals surface area contributed by atoms with Crippen molar-refractivity contribution in [3.05, 3.63) is 50.9 Å². The average Bonchev–Trinajstić information content (AvgIpc) is 2.26. The van der Waals surface area contributed by atoms with Crippen LogP contribution in [0.5, 0.6) is 0 Å². The number of nitrogens with one attached hydrogen (secondary N) is 1. The summed E-state index contributed by atoms with van der Waals surface area (Å²) in [5, 5.41) is 0.423. The second kappa shape index (κ2) is 2.99. The molecule has 4 heteroatoms. The lowest BCUT2D eigenvalue weighted by atomic mass is 10.2. The summed E-state index contributed by atoms with van der Waals surface area (Å²) in [6.45, 7) is 0. The van der Waals surface area contributed by atoms with Crippen molar-refractivity contribution in [2.45, 2.75) is 0 Å². The molecule has 0 radical (unpaired) electrons. The maximum atomic E-state index is 11.6. The van der Waals surface area contributed by atoms with Gasteiger partial charge in [0.2, 0.25) is 5.43 Å². The van der Waals surface area contributed by atoms with E-state index in [-0.39, 0.29) is 16.7 Å². The Morgan fingerprint density at radius 3 is 2.64 bits per heavy atom. The van der Waals surface area contributed by atoms with Gasteiger partial charge in [-0.3, -0.25) is 9.59 Å². The molecule has 0 aliphatic rings. The lowest BCUT2D eigenvalue weighted by Crippen LogP contribution is -2.06. The van der Waals surface area contributed by atoms with Crippen molar-refractivity contribution in [2.75, 3.05) is 5.73 Å². The van der Waals surface area contributed by atoms with Gasteiger partial charge in [-0.25, -0.2) is 0 Å². The van der Waals surface area contributed by atoms with Gasteiger partial charge >= 0.3 is 0 Å². The topological polar surface area (TPSA) is 76.0 Å². The number of nitrogens with two attached hydrogens (primary N) is 1. The van der Waals surface area contributed by atoms with Crippen molar-refractivity contribution in [3.8, 4) is 0 Å². The number of rotatable bonds is 0. The molecular formula is C10H8N2O2. The zero-order valence-electron chi connectivity index (χ0n) is 7.28. The van der Waals surface area contributed by atoms with Gasteiger partial charge in [-0.05, 0) is 12.1 Å². The number of hydrogen-bond acceptors (Lipinski definition) is 3. The fourth-order valence-corrected chi connectivity index (χ4v) is 1.32. The molecule has 0 aliphatic heterocycles. The number of H-pyrrole nitrogens is 1. The molecule has 0 bridgehead atoms. The van der Waals surface area contributed by atoms with Gasteiger partial charge in [-0.1, -0.05) is 12.1 Å². The van der Waals surface area contributed by atoms with E-state index in [1.807, 2.05) is 0 Å².